The highest BCUT2D eigenvalue weighted by molar-refractivity contribution is 9.10. The van der Waals surface area contributed by atoms with Crippen molar-refractivity contribution in [1.29, 1.82) is 0 Å². The van der Waals surface area contributed by atoms with Crippen molar-refractivity contribution in [3.63, 3.8) is 0 Å². The van der Waals surface area contributed by atoms with Crippen LogP contribution in [0.25, 0.3) is 0 Å². The normalized spacial score (nSPS) is 17.0. The van der Waals surface area contributed by atoms with Gasteiger partial charge in [0.1, 0.15) is 5.75 Å². The molecule has 0 atom stereocenters. The Kier molecular flexibility index (Phi) is 4.41. The van der Waals surface area contributed by atoms with Gasteiger partial charge in [0.15, 0.2) is 0 Å². The molecule has 1 heterocycles. The van der Waals surface area contributed by atoms with Crippen LogP contribution in [0.15, 0.2) is 53.0 Å². The van der Waals surface area contributed by atoms with Gasteiger partial charge < -0.3 is 15.1 Å². The molecular formula is C18H18BrNO3. The van der Waals surface area contributed by atoms with Crippen LogP contribution in [-0.4, -0.2) is 34.1 Å². The van der Waals surface area contributed by atoms with Crippen LogP contribution in [0.3, 0.4) is 0 Å². The summed E-state index contributed by atoms with van der Waals surface area (Å²) in [5.74, 6) is 0.0690. The minimum Gasteiger partial charge on any atom is -0.508 e. The highest BCUT2D eigenvalue weighted by Crippen LogP contribution is 2.37. The average molecular weight is 376 g/mol. The Morgan fingerprint density at radius 1 is 1.04 bits per heavy atom. The number of likely N-dealkylation sites (tertiary alicyclic amines) is 1. The highest BCUT2D eigenvalue weighted by atomic mass is 79.9. The van der Waals surface area contributed by atoms with Crippen LogP contribution in [0.2, 0.25) is 0 Å². The SMILES string of the molecule is O=C(c1ccc(Br)cc1)N1CCC(O)(c2ccccc2O)CC1. The predicted octanol–water partition coefficient (Wildman–Crippen LogP) is 3.28. The van der Waals surface area contributed by atoms with Gasteiger partial charge in [-0.1, -0.05) is 34.1 Å². The van der Waals surface area contributed by atoms with Crippen LogP contribution < -0.4 is 0 Å². The molecule has 0 aliphatic carbocycles. The fourth-order valence-electron chi connectivity index (χ4n) is 2.99. The monoisotopic (exact) mass is 375 g/mol. The smallest absolute Gasteiger partial charge is 0.253 e. The number of halogens is 1. The number of para-hydroxylation sites is 1. The second-order valence-electron chi connectivity index (χ2n) is 5.85. The van der Waals surface area contributed by atoms with Crippen LogP contribution in [0, 0.1) is 0 Å². The van der Waals surface area contributed by atoms with Gasteiger partial charge in [0.2, 0.25) is 0 Å². The summed E-state index contributed by atoms with van der Waals surface area (Å²) in [4.78, 5) is 14.3. The summed E-state index contributed by atoms with van der Waals surface area (Å²) >= 11 is 3.36. The molecule has 0 unspecified atom stereocenters. The lowest BCUT2D eigenvalue weighted by molar-refractivity contribution is -0.0225. The molecule has 2 aromatic carbocycles. The van der Waals surface area contributed by atoms with Gasteiger partial charge in [-0.15, -0.1) is 0 Å². The van der Waals surface area contributed by atoms with Crippen LogP contribution in [0.4, 0.5) is 0 Å². The summed E-state index contributed by atoms with van der Waals surface area (Å²) in [6.45, 7) is 0.916. The quantitative estimate of drug-likeness (QED) is 0.846. The zero-order chi connectivity index (χ0) is 16.4. The molecule has 120 valence electrons. The topological polar surface area (TPSA) is 60.8 Å². The van der Waals surface area contributed by atoms with E-state index in [0.29, 0.717) is 37.1 Å². The van der Waals surface area contributed by atoms with E-state index in [2.05, 4.69) is 15.9 Å². The van der Waals surface area contributed by atoms with E-state index in [9.17, 15) is 15.0 Å². The van der Waals surface area contributed by atoms with E-state index in [0.717, 1.165) is 4.47 Å². The summed E-state index contributed by atoms with van der Waals surface area (Å²) in [5.41, 5.74) is 0.0962. The molecule has 1 amide bonds. The van der Waals surface area contributed by atoms with E-state index >= 15 is 0 Å². The van der Waals surface area contributed by atoms with E-state index in [1.54, 1.807) is 41.3 Å². The number of rotatable bonds is 2. The summed E-state index contributed by atoms with van der Waals surface area (Å²) in [7, 11) is 0. The van der Waals surface area contributed by atoms with E-state index < -0.39 is 5.60 Å². The number of piperidine rings is 1. The minimum atomic E-state index is -1.08. The first-order chi connectivity index (χ1) is 11.0. The molecule has 1 saturated heterocycles. The van der Waals surface area contributed by atoms with Crippen LogP contribution in [0.5, 0.6) is 5.75 Å². The van der Waals surface area contributed by atoms with Crippen LogP contribution in [0.1, 0.15) is 28.8 Å². The van der Waals surface area contributed by atoms with Crippen LogP contribution in [-0.2, 0) is 5.60 Å². The minimum absolute atomic E-state index is 0.0307. The highest BCUT2D eigenvalue weighted by Gasteiger charge is 2.37. The molecule has 23 heavy (non-hydrogen) atoms. The van der Waals surface area contributed by atoms with Gasteiger partial charge in [-0.3, -0.25) is 4.79 Å². The van der Waals surface area contributed by atoms with Crippen molar-refractivity contribution in [2.45, 2.75) is 18.4 Å². The number of nitrogens with zero attached hydrogens (tertiary/aromatic N) is 1. The largest absolute Gasteiger partial charge is 0.508 e. The molecule has 1 aliphatic heterocycles. The number of aliphatic hydroxyl groups is 1. The first kappa shape index (κ1) is 16.0. The molecule has 4 nitrogen and oxygen atoms in total. The molecule has 0 radical (unpaired) electrons. The zero-order valence-corrected chi connectivity index (χ0v) is 14.2. The molecule has 2 aromatic rings. The van der Waals surface area contributed by atoms with Gasteiger partial charge in [-0.05, 0) is 43.2 Å². The molecule has 0 bridgehead atoms. The number of phenolic OH excluding ortho intramolecular Hbond substituents is 1. The molecule has 5 heteroatoms. The van der Waals surface area contributed by atoms with E-state index in [-0.39, 0.29) is 11.7 Å². The Bertz CT molecular complexity index is 706. The van der Waals surface area contributed by atoms with Crippen molar-refractivity contribution in [3.05, 3.63) is 64.1 Å². The van der Waals surface area contributed by atoms with E-state index in [1.165, 1.54) is 0 Å². The standard InChI is InChI=1S/C18H18BrNO3/c19-14-7-5-13(6-8-14)17(22)20-11-9-18(23,10-12-20)15-3-1-2-4-16(15)21/h1-8,21,23H,9-12H2. The maximum atomic E-state index is 12.5. The molecule has 1 fully saturated rings. The Balaban J connectivity index is 1.72. The fraction of sp³-hybridized carbons (Fsp3) is 0.278. The van der Waals surface area contributed by atoms with Crippen molar-refractivity contribution in [1.82, 2.24) is 4.90 Å². The van der Waals surface area contributed by atoms with Gasteiger partial charge in [-0.25, -0.2) is 0 Å². The molecular weight excluding hydrogens is 358 g/mol. The van der Waals surface area contributed by atoms with Gasteiger partial charge in [0, 0.05) is 28.7 Å². The summed E-state index contributed by atoms with van der Waals surface area (Å²) in [6, 6.07) is 14.1. The number of carbonyl (C=O) groups is 1. The van der Waals surface area contributed by atoms with Crippen molar-refractivity contribution in [3.8, 4) is 5.75 Å². The molecule has 0 aromatic heterocycles. The number of hydrogen-bond acceptors (Lipinski definition) is 3. The average Bonchev–Trinajstić information content (AvgIpc) is 2.56. The number of phenols is 1. The molecule has 3 rings (SSSR count). The Morgan fingerprint density at radius 2 is 1.65 bits per heavy atom. The Hall–Kier alpha value is -1.85. The predicted molar refractivity (Wildman–Crippen MR) is 91.3 cm³/mol. The van der Waals surface area contributed by atoms with Crippen molar-refractivity contribution in [2.75, 3.05) is 13.1 Å². The van der Waals surface area contributed by atoms with E-state index in [1.807, 2.05) is 12.1 Å². The van der Waals surface area contributed by atoms with Crippen LogP contribution >= 0.6 is 15.9 Å². The van der Waals surface area contributed by atoms with Crippen molar-refractivity contribution >= 4 is 21.8 Å². The number of carbonyl (C=O) groups excluding carboxylic acids is 1. The molecule has 2 N–H and O–H groups in total. The second-order valence-corrected chi connectivity index (χ2v) is 6.76. The lowest BCUT2D eigenvalue weighted by Gasteiger charge is -2.38. The third-order valence-electron chi connectivity index (χ3n) is 4.37. The number of amides is 1. The summed E-state index contributed by atoms with van der Waals surface area (Å²) in [6.07, 6.45) is 0.819. The lowest BCUT2D eigenvalue weighted by atomic mass is 9.84. The number of benzene rings is 2. The first-order valence-corrected chi connectivity index (χ1v) is 8.35. The maximum absolute atomic E-state index is 12.5. The zero-order valence-electron chi connectivity index (χ0n) is 12.6. The van der Waals surface area contributed by atoms with E-state index in [4.69, 9.17) is 0 Å². The molecule has 0 spiro atoms. The third-order valence-corrected chi connectivity index (χ3v) is 4.90. The summed E-state index contributed by atoms with van der Waals surface area (Å²) < 4.78 is 0.932. The molecule has 1 aliphatic rings. The van der Waals surface area contributed by atoms with Gasteiger partial charge >= 0.3 is 0 Å². The van der Waals surface area contributed by atoms with Crippen molar-refractivity contribution < 1.29 is 15.0 Å². The Labute approximate surface area is 143 Å². The third kappa shape index (κ3) is 3.26. The molecule has 0 saturated carbocycles. The van der Waals surface area contributed by atoms with Gasteiger partial charge in [0.25, 0.3) is 5.91 Å². The number of hydrogen-bond donors (Lipinski definition) is 2. The Morgan fingerprint density at radius 3 is 2.26 bits per heavy atom. The fourth-order valence-corrected chi connectivity index (χ4v) is 3.26. The summed E-state index contributed by atoms with van der Waals surface area (Å²) in [5, 5.41) is 20.8. The number of aromatic hydroxyl groups is 1. The maximum Gasteiger partial charge on any atom is 0.253 e. The van der Waals surface area contributed by atoms with Gasteiger partial charge in [-0.2, -0.15) is 0 Å². The van der Waals surface area contributed by atoms with Crippen molar-refractivity contribution in [2.24, 2.45) is 0 Å². The first-order valence-electron chi connectivity index (χ1n) is 7.55. The van der Waals surface area contributed by atoms with Gasteiger partial charge in [0.05, 0.1) is 5.60 Å². The lowest BCUT2D eigenvalue weighted by Crippen LogP contribution is -2.45. The second kappa shape index (κ2) is 6.34.